The van der Waals surface area contributed by atoms with Crippen LogP contribution in [0.2, 0.25) is 0 Å². The van der Waals surface area contributed by atoms with E-state index < -0.39 is 0 Å². The Morgan fingerprint density at radius 1 is 0.833 bits per heavy atom. The third-order valence-corrected chi connectivity index (χ3v) is 1.73. The number of phenols is 1. The molecule has 0 fully saturated rings. The van der Waals surface area contributed by atoms with Gasteiger partial charge >= 0.3 is 0 Å². The van der Waals surface area contributed by atoms with E-state index in [4.69, 9.17) is 5.11 Å². The van der Waals surface area contributed by atoms with Crippen LogP contribution in [0, 0.1) is 0 Å². The summed E-state index contributed by atoms with van der Waals surface area (Å²) in [5, 5.41) is 11.4. The van der Waals surface area contributed by atoms with Crippen molar-refractivity contribution in [1.82, 2.24) is 0 Å². The van der Waals surface area contributed by atoms with Crippen LogP contribution in [0.4, 0.5) is 0 Å². The van der Waals surface area contributed by atoms with E-state index in [1.165, 1.54) is 0 Å². The van der Waals surface area contributed by atoms with E-state index in [1.807, 2.05) is 30.3 Å². The number of phenolic OH excluding ortho intramolecular Hbond substituents is 1. The second kappa shape index (κ2) is 3.26. The zero-order valence-electron chi connectivity index (χ0n) is 5.99. The molecule has 0 saturated heterocycles. The molecule has 0 radical (unpaired) electrons. The number of fused-ring (bicyclic) bond motifs is 1. The highest BCUT2D eigenvalue weighted by atomic mass is 16.3. The van der Waals surface area contributed by atoms with Crippen LogP contribution >= 0.6 is 0 Å². The summed E-state index contributed by atoms with van der Waals surface area (Å²) in [5.74, 6) is 0.323. The maximum absolute atomic E-state index is 9.13. The van der Waals surface area contributed by atoms with Crippen molar-refractivity contribution >= 4 is 10.8 Å². The van der Waals surface area contributed by atoms with Gasteiger partial charge in [-0.3, -0.25) is 0 Å². The van der Waals surface area contributed by atoms with Gasteiger partial charge in [0, 0.05) is 0 Å². The highest BCUT2D eigenvalue weighted by Crippen LogP contribution is 2.18. The van der Waals surface area contributed by atoms with Gasteiger partial charge in [-0.1, -0.05) is 37.8 Å². The van der Waals surface area contributed by atoms with Gasteiger partial charge in [0.2, 0.25) is 0 Å². The molecule has 0 unspecified atom stereocenters. The highest BCUT2D eigenvalue weighted by molar-refractivity contribution is 5.83. The first kappa shape index (κ1) is 8.60. The third kappa shape index (κ3) is 1.40. The van der Waals surface area contributed by atoms with Gasteiger partial charge in [-0.05, 0) is 22.9 Å². The monoisotopic (exact) mass is 160 g/mol. The quantitative estimate of drug-likeness (QED) is 0.627. The lowest BCUT2D eigenvalue weighted by atomic mass is 10.1. The Morgan fingerprint density at radius 3 is 2.25 bits per heavy atom. The lowest BCUT2D eigenvalue weighted by molar-refractivity contribution is 0.476. The fraction of sp³-hybridized carbons (Fsp3) is 0.0909. The average Bonchev–Trinajstić information content (AvgIpc) is 2.04. The van der Waals surface area contributed by atoms with Crippen molar-refractivity contribution in [2.24, 2.45) is 0 Å². The Morgan fingerprint density at radius 2 is 1.50 bits per heavy atom. The largest absolute Gasteiger partial charge is 0.508 e. The number of rotatable bonds is 0. The van der Waals surface area contributed by atoms with Gasteiger partial charge < -0.3 is 5.11 Å². The van der Waals surface area contributed by atoms with Crippen LogP contribution in [0.5, 0.6) is 5.75 Å². The standard InChI is InChI=1S/C10H8O.CH4/c11-10-6-5-8-3-1-2-4-9(8)7-10;/h1-7,11H;1H4. The van der Waals surface area contributed by atoms with Crippen molar-refractivity contribution in [3.05, 3.63) is 42.5 Å². The van der Waals surface area contributed by atoms with Crippen molar-refractivity contribution < 1.29 is 5.11 Å². The predicted molar refractivity (Wildman–Crippen MR) is 52.3 cm³/mol. The maximum atomic E-state index is 9.13. The molecule has 1 nitrogen and oxygen atoms in total. The Labute approximate surface area is 72.3 Å². The van der Waals surface area contributed by atoms with Gasteiger partial charge in [0.15, 0.2) is 0 Å². The average molecular weight is 160 g/mol. The maximum Gasteiger partial charge on any atom is 0.116 e. The molecule has 2 aromatic rings. The number of hydrogen-bond acceptors (Lipinski definition) is 1. The Kier molecular flexibility index (Phi) is 2.34. The van der Waals surface area contributed by atoms with E-state index in [2.05, 4.69) is 0 Å². The zero-order valence-corrected chi connectivity index (χ0v) is 5.99. The molecular formula is C11H12O. The first-order chi connectivity index (χ1) is 5.36. The van der Waals surface area contributed by atoms with Crippen molar-refractivity contribution in [2.75, 3.05) is 0 Å². The van der Waals surface area contributed by atoms with Crippen molar-refractivity contribution in [3.8, 4) is 5.75 Å². The highest BCUT2D eigenvalue weighted by Gasteiger charge is 1.91. The fourth-order valence-electron chi connectivity index (χ4n) is 1.18. The zero-order chi connectivity index (χ0) is 7.68. The number of hydrogen-bond donors (Lipinski definition) is 1. The topological polar surface area (TPSA) is 20.2 Å². The summed E-state index contributed by atoms with van der Waals surface area (Å²) in [5.41, 5.74) is 0. The fourth-order valence-corrected chi connectivity index (χ4v) is 1.18. The van der Waals surface area contributed by atoms with E-state index in [-0.39, 0.29) is 7.43 Å². The summed E-state index contributed by atoms with van der Waals surface area (Å²) in [6, 6.07) is 13.3. The van der Waals surface area contributed by atoms with Crippen LogP contribution in [-0.2, 0) is 0 Å². The van der Waals surface area contributed by atoms with Crippen LogP contribution < -0.4 is 0 Å². The van der Waals surface area contributed by atoms with Crippen molar-refractivity contribution in [3.63, 3.8) is 0 Å². The smallest absolute Gasteiger partial charge is 0.116 e. The Hall–Kier alpha value is -1.50. The molecule has 1 N–H and O–H groups in total. The summed E-state index contributed by atoms with van der Waals surface area (Å²) in [7, 11) is 0. The Bertz CT molecular complexity index is 379. The summed E-state index contributed by atoms with van der Waals surface area (Å²) in [6.45, 7) is 0. The van der Waals surface area contributed by atoms with E-state index in [0.717, 1.165) is 10.8 Å². The molecule has 0 spiro atoms. The lowest BCUT2D eigenvalue weighted by Crippen LogP contribution is -1.69. The van der Waals surface area contributed by atoms with Gasteiger partial charge in [0.25, 0.3) is 0 Å². The van der Waals surface area contributed by atoms with Crippen LogP contribution in [0.15, 0.2) is 42.5 Å². The molecule has 0 atom stereocenters. The molecule has 0 aliphatic carbocycles. The molecule has 0 saturated carbocycles. The van der Waals surface area contributed by atoms with Crippen LogP contribution in [0.1, 0.15) is 7.43 Å². The van der Waals surface area contributed by atoms with Crippen LogP contribution in [0.3, 0.4) is 0 Å². The number of benzene rings is 2. The normalized spacial score (nSPS) is 9.33. The minimum absolute atomic E-state index is 0. The second-order valence-corrected chi connectivity index (χ2v) is 2.53. The summed E-state index contributed by atoms with van der Waals surface area (Å²) >= 11 is 0. The molecule has 62 valence electrons. The summed E-state index contributed by atoms with van der Waals surface area (Å²) in [4.78, 5) is 0. The van der Waals surface area contributed by atoms with E-state index in [1.54, 1.807) is 12.1 Å². The SMILES string of the molecule is C.Oc1ccc2ccccc2c1. The van der Waals surface area contributed by atoms with Gasteiger partial charge in [-0.15, -0.1) is 0 Å². The van der Waals surface area contributed by atoms with Crippen LogP contribution in [0.25, 0.3) is 10.8 Å². The molecule has 0 aliphatic heterocycles. The molecule has 1 heteroatoms. The molecule has 0 aliphatic rings. The van der Waals surface area contributed by atoms with Crippen molar-refractivity contribution in [1.29, 1.82) is 0 Å². The van der Waals surface area contributed by atoms with Crippen LogP contribution in [-0.4, -0.2) is 5.11 Å². The third-order valence-electron chi connectivity index (χ3n) is 1.73. The molecule has 0 heterocycles. The van der Waals surface area contributed by atoms with Gasteiger partial charge in [-0.2, -0.15) is 0 Å². The molecule has 2 rings (SSSR count). The van der Waals surface area contributed by atoms with E-state index >= 15 is 0 Å². The van der Waals surface area contributed by atoms with Gasteiger partial charge in [0.05, 0.1) is 0 Å². The predicted octanol–water partition coefficient (Wildman–Crippen LogP) is 3.18. The van der Waals surface area contributed by atoms with Gasteiger partial charge in [-0.25, -0.2) is 0 Å². The van der Waals surface area contributed by atoms with Gasteiger partial charge in [0.1, 0.15) is 5.75 Å². The minimum Gasteiger partial charge on any atom is -0.508 e. The van der Waals surface area contributed by atoms with Crippen molar-refractivity contribution in [2.45, 2.75) is 7.43 Å². The summed E-state index contributed by atoms with van der Waals surface area (Å²) < 4.78 is 0. The first-order valence-corrected chi connectivity index (χ1v) is 3.54. The van der Waals surface area contributed by atoms with E-state index in [0.29, 0.717) is 5.75 Å². The molecule has 0 aromatic heterocycles. The molecule has 0 bridgehead atoms. The molecular weight excluding hydrogens is 148 g/mol. The first-order valence-electron chi connectivity index (χ1n) is 3.54. The molecule has 12 heavy (non-hydrogen) atoms. The minimum atomic E-state index is 0. The number of aromatic hydroxyl groups is 1. The van der Waals surface area contributed by atoms with E-state index in [9.17, 15) is 0 Å². The molecule has 0 amide bonds. The summed E-state index contributed by atoms with van der Waals surface area (Å²) in [6.07, 6.45) is 0. The lowest BCUT2D eigenvalue weighted by Gasteiger charge is -1.96. The second-order valence-electron chi connectivity index (χ2n) is 2.53. The molecule has 2 aromatic carbocycles. The Balaban J connectivity index is 0.000000720.